The van der Waals surface area contributed by atoms with Gasteiger partial charge in [-0.1, -0.05) is 25.0 Å². The predicted octanol–water partition coefficient (Wildman–Crippen LogP) is 3.14. The molecule has 0 saturated heterocycles. The van der Waals surface area contributed by atoms with Crippen molar-refractivity contribution in [1.82, 2.24) is 0 Å². The number of rotatable bonds is 0. The van der Waals surface area contributed by atoms with Gasteiger partial charge in [-0.2, -0.15) is 0 Å². The zero-order valence-electron chi connectivity index (χ0n) is 6.55. The topological polar surface area (TPSA) is 0 Å². The first-order chi connectivity index (χ1) is 4.97. The van der Waals surface area contributed by atoms with Crippen LogP contribution < -0.4 is 0 Å². The van der Waals surface area contributed by atoms with Crippen LogP contribution in [0.25, 0.3) is 0 Å². The summed E-state index contributed by atoms with van der Waals surface area (Å²) in [7, 11) is 0. The van der Waals surface area contributed by atoms with Crippen molar-refractivity contribution in [2.75, 3.05) is 0 Å². The molecule has 0 nitrogen and oxygen atoms in total. The lowest BCUT2D eigenvalue weighted by Gasteiger charge is -2.31. The maximum Gasteiger partial charge on any atom is -0.0205 e. The first kappa shape index (κ1) is 6.45. The second-order valence-electron chi connectivity index (χ2n) is 3.71. The van der Waals surface area contributed by atoms with E-state index in [0.717, 1.165) is 11.8 Å². The molecule has 0 spiro atoms. The molecule has 2 atom stereocenters. The van der Waals surface area contributed by atoms with Gasteiger partial charge in [-0.3, -0.25) is 0 Å². The SMILES string of the molecule is C1=C[C@@H]2CCCC[C@@H]2CC1. The molecule has 1 saturated carbocycles. The summed E-state index contributed by atoms with van der Waals surface area (Å²) in [6, 6.07) is 0. The van der Waals surface area contributed by atoms with Crippen LogP contribution in [-0.2, 0) is 0 Å². The Bertz CT molecular complexity index is 135. The van der Waals surface area contributed by atoms with Crippen LogP contribution in [0.15, 0.2) is 12.2 Å². The first-order valence-corrected chi connectivity index (χ1v) is 4.63. The van der Waals surface area contributed by atoms with E-state index < -0.39 is 0 Å². The van der Waals surface area contributed by atoms with E-state index in [2.05, 4.69) is 12.2 Å². The molecule has 0 aromatic heterocycles. The summed E-state index contributed by atoms with van der Waals surface area (Å²) in [6.45, 7) is 0. The molecule has 0 amide bonds. The first-order valence-electron chi connectivity index (χ1n) is 4.63. The normalized spacial score (nSPS) is 39.2. The number of fused-ring (bicyclic) bond motifs is 1. The van der Waals surface area contributed by atoms with Gasteiger partial charge in [0.05, 0.1) is 0 Å². The third-order valence-electron chi connectivity index (χ3n) is 3.06. The molecule has 2 rings (SSSR count). The van der Waals surface area contributed by atoms with E-state index in [4.69, 9.17) is 0 Å². The molecule has 0 bridgehead atoms. The molecule has 0 heteroatoms. The minimum Gasteiger partial charge on any atom is -0.0882 e. The van der Waals surface area contributed by atoms with E-state index >= 15 is 0 Å². The average molecular weight is 136 g/mol. The molecule has 56 valence electrons. The maximum atomic E-state index is 2.47. The highest BCUT2D eigenvalue weighted by Gasteiger charge is 2.23. The molecular weight excluding hydrogens is 120 g/mol. The molecule has 2 aliphatic rings. The summed E-state index contributed by atoms with van der Waals surface area (Å²) in [5.41, 5.74) is 0. The Kier molecular flexibility index (Phi) is 1.79. The Balaban J connectivity index is 2.03. The number of hydrogen-bond acceptors (Lipinski definition) is 0. The predicted molar refractivity (Wildman–Crippen MR) is 43.8 cm³/mol. The second-order valence-corrected chi connectivity index (χ2v) is 3.71. The molecule has 2 aliphatic carbocycles. The maximum absolute atomic E-state index is 2.47. The summed E-state index contributed by atoms with van der Waals surface area (Å²) in [5, 5.41) is 0. The lowest BCUT2D eigenvalue weighted by Crippen LogP contribution is -2.19. The Morgan fingerprint density at radius 3 is 2.80 bits per heavy atom. The summed E-state index contributed by atoms with van der Waals surface area (Å²) >= 11 is 0. The van der Waals surface area contributed by atoms with Crippen molar-refractivity contribution in [2.24, 2.45) is 11.8 Å². The van der Waals surface area contributed by atoms with Gasteiger partial charge in [0.25, 0.3) is 0 Å². The third kappa shape index (κ3) is 1.12. The third-order valence-corrected chi connectivity index (χ3v) is 3.06. The van der Waals surface area contributed by atoms with Gasteiger partial charge in [0, 0.05) is 0 Å². The van der Waals surface area contributed by atoms with Crippen molar-refractivity contribution >= 4 is 0 Å². The van der Waals surface area contributed by atoms with E-state index in [1.165, 1.54) is 38.5 Å². The summed E-state index contributed by atoms with van der Waals surface area (Å²) < 4.78 is 0. The van der Waals surface area contributed by atoms with Crippen LogP contribution in [0.2, 0.25) is 0 Å². The highest BCUT2D eigenvalue weighted by atomic mass is 14.3. The lowest BCUT2D eigenvalue weighted by atomic mass is 9.74. The molecule has 1 fully saturated rings. The monoisotopic (exact) mass is 136 g/mol. The van der Waals surface area contributed by atoms with Gasteiger partial charge in [0.1, 0.15) is 0 Å². The van der Waals surface area contributed by atoms with Crippen molar-refractivity contribution in [1.29, 1.82) is 0 Å². The molecule has 10 heavy (non-hydrogen) atoms. The summed E-state index contributed by atoms with van der Waals surface area (Å²) in [6.07, 6.45) is 13.6. The molecule has 0 radical (unpaired) electrons. The minimum absolute atomic E-state index is 0.975. The van der Waals surface area contributed by atoms with E-state index in [1.54, 1.807) is 0 Å². The van der Waals surface area contributed by atoms with Crippen LogP contribution in [0.5, 0.6) is 0 Å². The largest absolute Gasteiger partial charge is 0.0882 e. The van der Waals surface area contributed by atoms with Gasteiger partial charge < -0.3 is 0 Å². The lowest BCUT2D eigenvalue weighted by molar-refractivity contribution is 0.259. The highest BCUT2D eigenvalue weighted by Crippen LogP contribution is 2.36. The van der Waals surface area contributed by atoms with Crippen LogP contribution in [0.1, 0.15) is 38.5 Å². The van der Waals surface area contributed by atoms with Crippen LogP contribution in [0, 0.1) is 11.8 Å². The van der Waals surface area contributed by atoms with E-state index in [-0.39, 0.29) is 0 Å². The minimum atomic E-state index is 0.975. The Hall–Kier alpha value is -0.260. The smallest absolute Gasteiger partial charge is 0.0205 e. The van der Waals surface area contributed by atoms with Crippen molar-refractivity contribution in [2.45, 2.75) is 38.5 Å². The fraction of sp³-hybridized carbons (Fsp3) is 0.800. The molecule has 0 N–H and O–H groups in total. The fourth-order valence-electron chi connectivity index (χ4n) is 2.43. The molecule has 0 aromatic carbocycles. The zero-order chi connectivity index (χ0) is 6.81. The zero-order valence-corrected chi connectivity index (χ0v) is 6.55. The fourth-order valence-corrected chi connectivity index (χ4v) is 2.43. The molecule has 0 heterocycles. The average Bonchev–Trinajstić information content (AvgIpc) is 2.05. The Labute approximate surface area is 63.3 Å². The van der Waals surface area contributed by atoms with Gasteiger partial charge in [0.2, 0.25) is 0 Å². The van der Waals surface area contributed by atoms with Crippen LogP contribution in [0.3, 0.4) is 0 Å². The molecular formula is C10H16. The molecule has 0 aromatic rings. The number of hydrogen-bond donors (Lipinski definition) is 0. The van der Waals surface area contributed by atoms with Crippen molar-refractivity contribution in [3.05, 3.63) is 12.2 Å². The molecule has 0 unspecified atom stereocenters. The van der Waals surface area contributed by atoms with Gasteiger partial charge in [-0.15, -0.1) is 0 Å². The van der Waals surface area contributed by atoms with Crippen LogP contribution >= 0.6 is 0 Å². The quantitative estimate of drug-likeness (QED) is 0.449. The van der Waals surface area contributed by atoms with Crippen LogP contribution in [0.4, 0.5) is 0 Å². The summed E-state index contributed by atoms with van der Waals surface area (Å²) in [5.74, 6) is 2.04. The van der Waals surface area contributed by atoms with E-state index in [1.807, 2.05) is 0 Å². The second kappa shape index (κ2) is 2.77. The highest BCUT2D eigenvalue weighted by molar-refractivity contribution is 4.98. The van der Waals surface area contributed by atoms with Gasteiger partial charge >= 0.3 is 0 Å². The Morgan fingerprint density at radius 1 is 1.00 bits per heavy atom. The van der Waals surface area contributed by atoms with Crippen molar-refractivity contribution in [3.63, 3.8) is 0 Å². The Morgan fingerprint density at radius 2 is 1.90 bits per heavy atom. The van der Waals surface area contributed by atoms with Gasteiger partial charge in [-0.05, 0) is 37.5 Å². The van der Waals surface area contributed by atoms with Gasteiger partial charge in [-0.25, -0.2) is 0 Å². The van der Waals surface area contributed by atoms with Crippen LogP contribution in [-0.4, -0.2) is 0 Å². The van der Waals surface area contributed by atoms with E-state index in [0.29, 0.717) is 0 Å². The summed E-state index contributed by atoms with van der Waals surface area (Å²) in [4.78, 5) is 0. The standard InChI is InChI=1S/C10H16/c1-2-6-10-8-4-3-7-9(10)5-1/h1,5,9-10H,2-4,6-8H2/t9-,10+/m1/s1. The van der Waals surface area contributed by atoms with Crippen molar-refractivity contribution < 1.29 is 0 Å². The molecule has 0 aliphatic heterocycles. The van der Waals surface area contributed by atoms with Gasteiger partial charge in [0.15, 0.2) is 0 Å². The van der Waals surface area contributed by atoms with E-state index in [9.17, 15) is 0 Å². The van der Waals surface area contributed by atoms with Crippen molar-refractivity contribution in [3.8, 4) is 0 Å². The number of allylic oxidation sites excluding steroid dienone is 2.